The van der Waals surface area contributed by atoms with Crippen molar-refractivity contribution in [2.45, 2.75) is 31.7 Å². The number of fused-ring (bicyclic) bond motifs is 1. The van der Waals surface area contributed by atoms with Crippen molar-refractivity contribution in [2.24, 2.45) is 0 Å². The van der Waals surface area contributed by atoms with Crippen molar-refractivity contribution in [1.29, 1.82) is 0 Å². The van der Waals surface area contributed by atoms with E-state index >= 15 is 0 Å². The molecule has 0 aliphatic heterocycles. The molecule has 0 saturated heterocycles. The van der Waals surface area contributed by atoms with Crippen LogP contribution >= 0.6 is 0 Å². The average Bonchev–Trinajstić information content (AvgIpc) is 3.35. The molecule has 6 aromatic rings. The molecule has 0 spiro atoms. The third-order valence-electron chi connectivity index (χ3n) is 9.88. The van der Waals surface area contributed by atoms with E-state index in [9.17, 15) is 0 Å². The van der Waals surface area contributed by atoms with E-state index in [0.29, 0.717) is 0 Å². The first-order valence-electron chi connectivity index (χ1n) is 18.4. The van der Waals surface area contributed by atoms with Crippen molar-refractivity contribution in [3.05, 3.63) is 258 Å². The lowest BCUT2D eigenvalue weighted by atomic mass is 9.64. The van der Waals surface area contributed by atoms with Gasteiger partial charge in [0, 0.05) is 11.3 Å². The van der Waals surface area contributed by atoms with Crippen LogP contribution in [0.25, 0.3) is 11.1 Å². The minimum Gasteiger partial charge on any atom is -0.398 e. The Labute approximate surface area is 316 Å². The fourth-order valence-electron chi connectivity index (χ4n) is 7.34. The second kappa shape index (κ2) is 17.2. The smallest absolute Gasteiger partial charge is 0.0782 e. The van der Waals surface area contributed by atoms with Crippen LogP contribution < -0.4 is 11.1 Å². The van der Waals surface area contributed by atoms with E-state index in [2.05, 4.69) is 164 Å². The molecule has 3 N–H and O–H groups in total. The predicted octanol–water partition coefficient (Wildman–Crippen LogP) is 12.3. The molecule has 1 aliphatic carbocycles. The van der Waals surface area contributed by atoms with E-state index in [-0.39, 0.29) is 6.04 Å². The summed E-state index contributed by atoms with van der Waals surface area (Å²) >= 11 is 0. The van der Waals surface area contributed by atoms with Gasteiger partial charge in [0.15, 0.2) is 0 Å². The van der Waals surface area contributed by atoms with Crippen LogP contribution in [0.15, 0.2) is 224 Å². The van der Waals surface area contributed by atoms with Crippen LogP contribution in [0.1, 0.15) is 53.3 Å². The summed E-state index contributed by atoms with van der Waals surface area (Å²) in [5, 5.41) is 3.61. The van der Waals surface area contributed by atoms with Crippen LogP contribution in [0.4, 0.5) is 5.69 Å². The zero-order valence-corrected chi connectivity index (χ0v) is 30.8. The zero-order valence-electron chi connectivity index (χ0n) is 30.8. The number of rotatable bonds is 10. The first-order valence-corrected chi connectivity index (χ1v) is 18.4. The molecule has 1 atom stereocenters. The highest BCUT2D eigenvalue weighted by atomic mass is 14.9. The monoisotopic (exact) mass is 688 g/mol. The molecule has 1 aliphatic rings. The van der Waals surface area contributed by atoms with E-state index in [1.54, 1.807) is 0 Å². The topological polar surface area (TPSA) is 38.0 Å². The van der Waals surface area contributed by atoms with Gasteiger partial charge in [-0.05, 0) is 80.4 Å². The van der Waals surface area contributed by atoms with Crippen LogP contribution in [0.3, 0.4) is 0 Å². The van der Waals surface area contributed by atoms with Gasteiger partial charge in [0.05, 0.1) is 11.5 Å². The van der Waals surface area contributed by atoms with Crippen LogP contribution in [-0.4, -0.2) is 0 Å². The first kappa shape index (κ1) is 36.4. The molecule has 0 radical (unpaired) electrons. The summed E-state index contributed by atoms with van der Waals surface area (Å²) < 4.78 is 0. The third-order valence-corrected chi connectivity index (χ3v) is 9.88. The Morgan fingerprint density at radius 3 is 1.85 bits per heavy atom. The molecule has 2 heteroatoms. The highest BCUT2D eigenvalue weighted by molar-refractivity contribution is 5.67. The van der Waals surface area contributed by atoms with Crippen molar-refractivity contribution in [3.8, 4) is 11.1 Å². The Morgan fingerprint density at radius 2 is 1.21 bits per heavy atom. The summed E-state index contributed by atoms with van der Waals surface area (Å²) in [6.45, 7) is 13.3. The van der Waals surface area contributed by atoms with Crippen molar-refractivity contribution < 1.29 is 0 Å². The summed E-state index contributed by atoms with van der Waals surface area (Å²) in [5.41, 5.74) is 19.3. The number of benzene rings is 6. The van der Waals surface area contributed by atoms with Crippen LogP contribution in [-0.2, 0) is 11.8 Å². The molecule has 0 saturated carbocycles. The lowest BCUT2D eigenvalue weighted by molar-refractivity contribution is 0.731. The number of hydrogen-bond donors (Lipinski definition) is 2. The Balaban J connectivity index is 0.00000236. The molecule has 0 aromatic heterocycles. The zero-order chi connectivity index (χ0) is 37.0. The highest BCUT2D eigenvalue weighted by Crippen LogP contribution is 2.49. The van der Waals surface area contributed by atoms with Crippen LogP contribution in [0, 0.1) is 0 Å². The predicted molar refractivity (Wildman–Crippen MR) is 227 cm³/mol. The number of nitrogens with one attached hydrogen (secondary N) is 1. The van der Waals surface area contributed by atoms with E-state index in [0.717, 1.165) is 40.0 Å². The van der Waals surface area contributed by atoms with E-state index in [4.69, 9.17) is 12.3 Å². The van der Waals surface area contributed by atoms with Crippen molar-refractivity contribution >= 4 is 5.69 Å². The van der Waals surface area contributed by atoms with Crippen molar-refractivity contribution in [2.75, 3.05) is 5.73 Å². The maximum Gasteiger partial charge on any atom is 0.0782 e. The van der Waals surface area contributed by atoms with E-state index < -0.39 is 5.41 Å². The Bertz CT molecular complexity index is 2180. The maximum absolute atomic E-state index is 6.48. The summed E-state index contributed by atoms with van der Waals surface area (Å²) in [4.78, 5) is 0. The lowest BCUT2D eigenvalue weighted by Crippen LogP contribution is -2.31. The summed E-state index contributed by atoms with van der Waals surface area (Å²) in [6, 6.07) is 57.3. The Morgan fingerprint density at radius 1 is 0.660 bits per heavy atom. The Hall–Kier alpha value is -6.38. The SMILES string of the molecule is C=C(/C=C\C=C/NC(c1ccc(-c2ccccc2)cc1)c1ccccc1N)C1=CC(=C)C(c2ccccc2)(c2ccccc2)c2ccccc2C1.CC. The van der Waals surface area contributed by atoms with Crippen LogP contribution in [0.5, 0.6) is 0 Å². The standard InChI is InChI=1S/C49H42N2.C2H6/c1-36(18-16-17-33-51-48(45-26-13-15-28-47(45)50)40-31-29-39(30-32-40)38-19-6-3-7-20-38)42-34-37(2)49(43-22-8-4-9-23-43,44-24-10-5-11-25-44)46-27-14-12-21-41(46)35-42;1-2/h3-34,48,51H,1-2,35,50H2;1-2H3/b18-16-,33-17-;. The molecule has 1 unspecified atom stereocenters. The molecular formula is C51H48N2. The van der Waals surface area contributed by atoms with Gasteiger partial charge in [-0.25, -0.2) is 0 Å². The van der Waals surface area contributed by atoms with Gasteiger partial charge in [-0.1, -0.05) is 203 Å². The highest BCUT2D eigenvalue weighted by Gasteiger charge is 2.41. The van der Waals surface area contributed by atoms with Gasteiger partial charge >= 0.3 is 0 Å². The molecule has 0 bridgehead atoms. The molecule has 2 nitrogen and oxygen atoms in total. The number of anilines is 1. The lowest BCUT2D eigenvalue weighted by Gasteiger charge is -2.37. The number of hydrogen-bond acceptors (Lipinski definition) is 2. The fraction of sp³-hybridized carbons (Fsp3) is 0.0980. The summed E-state index contributed by atoms with van der Waals surface area (Å²) in [7, 11) is 0. The van der Waals surface area contributed by atoms with Crippen LogP contribution in [0.2, 0.25) is 0 Å². The molecule has 53 heavy (non-hydrogen) atoms. The minimum absolute atomic E-state index is 0.114. The third kappa shape index (κ3) is 7.78. The molecule has 0 amide bonds. The first-order chi connectivity index (χ1) is 26.1. The number of allylic oxidation sites excluding steroid dienone is 7. The van der Waals surface area contributed by atoms with Gasteiger partial charge in [-0.3, -0.25) is 0 Å². The largest absolute Gasteiger partial charge is 0.398 e. The van der Waals surface area contributed by atoms with Gasteiger partial charge < -0.3 is 11.1 Å². The molecule has 6 aromatic carbocycles. The number of nitrogen functional groups attached to an aromatic ring is 1. The number of nitrogens with two attached hydrogens (primary N) is 1. The Kier molecular flexibility index (Phi) is 11.8. The molecular weight excluding hydrogens is 641 g/mol. The van der Waals surface area contributed by atoms with Gasteiger partial charge in [-0.15, -0.1) is 0 Å². The normalized spacial score (nSPS) is 14.0. The molecule has 0 heterocycles. The fourth-order valence-corrected chi connectivity index (χ4v) is 7.34. The second-order valence-corrected chi connectivity index (χ2v) is 13.0. The number of para-hydroxylation sites is 1. The van der Waals surface area contributed by atoms with Crippen molar-refractivity contribution in [1.82, 2.24) is 5.32 Å². The summed E-state index contributed by atoms with van der Waals surface area (Å²) in [5.74, 6) is 0. The van der Waals surface area contributed by atoms with E-state index in [1.165, 1.54) is 33.4 Å². The van der Waals surface area contributed by atoms with Gasteiger partial charge in [0.1, 0.15) is 0 Å². The average molecular weight is 689 g/mol. The van der Waals surface area contributed by atoms with Gasteiger partial charge in [-0.2, -0.15) is 0 Å². The second-order valence-electron chi connectivity index (χ2n) is 13.0. The minimum atomic E-state index is -0.526. The summed E-state index contributed by atoms with van der Waals surface area (Å²) in [6.07, 6.45) is 11.1. The van der Waals surface area contributed by atoms with E-state index in [1.807, 2.05) is 56.5 Å². The maximum atomic E-state index is 6.48. The molecule has 0 fully saturated rings. The van der Waals surface area contributed by atoms with Gasteiger partial charge in [0.25, 0.3) is 0 Å². The molecule has 262 valence electrons. The van der Waals surface area contributed by atoms with Gasteiger partial charge in [0.2, 0.25) is 0 Å². The van der Waals surface area contributed by atoms with Crippen molar-refractivity contribution in [3.63, 3.8) is 0 Å². The quantitative estimate of drug-likeness (QED) is 0.111. The molecule has 7 rings (SSSR count).